The summed E-state index contributed by atoms with van der Waals surface area (Å²) in [6.45, 7) is 7.53. The predicted molar refractivity (Wildman–Crippen MR) is 82.7 cm³/mol. The van der Waals surface area contributed by atoms with Crippen molar-refractivity contribution in [3.05, 3.63) is 29.3 Å². The lowest BCUT2D eigenvalue weighted by Crippen LogP contribution is -2.49. The third-order valence-electron chi connectivity index (χ3n) is 4.26. The van der Waals surface area contributed by atoms with Gasteiger partial charge in [-0.1, -0.05) is 12.1 Å². The molecule has 0 spiro atoms. The lowest BCUT2D eigenvalue weighted by Gasteiger charge is -2.37. The fourth-order valence-corrected chi connectivity index (χ4v) is 3.15. The molecular formula is C16H23N3O2. The molecule has 2 heterocycles. The first kappa shape index (κ1) is 14.2. The van der Waals surface area contributed by atoms with Crippen LogP contribution in [0.2, 0.25) is 0 Å². The second kappa shape index (κ2) is 6.35. The summed E-state index contributed by atoms with van der Waals surface area (Å²) in [7, 11) is 0. The molecule has 1 fully saturated rings. The highest BCUT2D eigenvalue weighted by Gasteiger charge is 2.24. The molecule has 0 aliphatic carbocycles. The number of nitrogens with one attached hydrogen (secondary N) is 1. The summed E-state index contributed by atoms with van der Waals surface area (Å²) in [6.07, 6.45) is 0.903. The Labute approximate surface area is 125 Å². The number of carbonyl (C=O) groups excluding carboxylic acids is 1. The molecule has 1 aromatic rings. The van der Waals surface area contributed by atoms with Gasteiger partial charge in [0.1, 0.15) is 0 Å². The number of hydrogen-bond acceptors (Lipinski definition) is 4. The van der Waals surface area contributed by atoms with Crippen molar-refractivity contribution in [1.29, 1.82) is 0 Å². The normalized spacial score (nSPS) is 18.3. The van der Waals surface area contributed by atoms with Crippen LogP contribution >= 0.6 is 0 Å². The molecule has 1 aromatic carbocycles. The maximum Gasteiger partial charge on any atom is 0.409 e. The summed E-state index contributed by atoms with van der Waals surface area (Å²) >= 11 is 0. The number of anilines is 1. The van der Waals surface area contributed by atoms with Crippen LogP contribution < -0.4 is 10.2 Å². The number of piperazine rings is 1. The number of benzene rings is 1. The van der Waals surface area contributed by atoms with Crippen molar-refractivity contribution < 1.29 is 9.53 Å². The highest BCUT2D eigenvalue weighted by molar-refractivity contribution is 5.68. The van der Waals surface area contributed by atoms with Crippen molar-refractivity contribution in [3.63, 3.8) is 0 Å². The van der Waals surface area contributed by atoms with Crippen molar-refractivity contribution in [2.24, 2.45) is 0 Å². The Morgan fingerprint density at radius 1 is 1.29 bits per heavy atom. The smallest absolute Gasteiger partial charge is 0.409 e. The molecule has 0 radical (unpaired) electrons. The predicted octanol–water partition coefficient (Wildman–Crippen LogP) is 1.61. The molecule has 2 aliphatic heterocycles. The fourth-order valence-electron chi connectivity index (χ4n) is 3.15. The van der Waals surface area contributed by atoms with Gasteiger partial charge in [0.05, 0.1) is 6.61 Å². The second-order valence-corrected chi connectivity index (χ2v) is 5.51. The average Bonchev–Trinajstić information content (AvgIpc) is 2.55. The molecule has 2 aliphatic rings. The topological polar surface area (TPSA) is 44.8 Å². The van der Waals surface area contributed by atoms with Gasteiger partial charge in [-0.2, -0.15) is 0 Å². The minimum Gasteiger partial charge on any atom is -0.450 e. The molecule has 5 heteroatoms. The van der Waals surface area contributed by atoms with Crippen LogP contribution in [0.15, 0.2) is 18.2 Å². The molecule has 21 heavy (non-hydrogen) atoms. The van der Waals surface area contributed by atoms with E-state index in [0.717, 1.165) is 45.7 Å². The van der Waals surface area contributed by atoms with Crippen molar-refractivity contribution in [1.82, 2.24) is 10.2 Å². The molecule has 1 N–H and O–H groups in total. The quantitative estimate of drug-likeness (QED) is 0.898. The number of amides is 1. The van der Waals surface area contributed by atoms with Crippen LogP contribution in [0.3, 0.4) is 0 Å². The zero-order chi connectivity index (χ0) is 14.7. The lowest BCUT2D eigenvalue weighted by molar-refractivity contribution is 0.105. The summed E-state index contributed by atoms with van der Waals surface area (Å²) in [6, 6.07) is 6.56. The number of nitrogens with zero attached hydrogens (tertiary/aromatic N) is 2. The summed E-state index contributed by atoms with van der Waals surface area (Å²) in [5, 5.41) is 3.42. The highest BCUT2D eigenvalue weighted by atomic mass is 16.6. The molecule has 1 saturated heterocycles. The molecule has 5 nitrogen and oxygen atoms in total. The summed E-state index contributed by atoms with van der Waals surface area (Å²) in [4.78, 5) is 16.0. The molecular weight excluding hydrogens is 266 g/mol. The average molecular weight is 289 g/mol. The van der Waals surface area contributed by atoms with E-state index < -0.39 is 0 Å². The molecule has 1 amide bonds. The molecule has 3 rings (SSSR count). The van der Waals surface area contributed by atoms with Crippen molar-refractivity contribution in [2.45, 2.75) is 19.9 Å². The van der Waals surface area contributed by atoms with E-state index in [-0.39, 0.29) is 6.09 Å². The van der Waals surface area contributed by atoms with Crippen LogP contribution in [-0.2, 0) is 17.7 Å². The van der Waals surface area contributed by atoms with Crippen LogP contribution in [0.25, 0.3) is 0 Å². The Morgan fingerprint density at radius 3 is 2.86 bits per heavy atom. The van der Waals surface area contributed by atoms with Crippen LogP contribution in [0, 0.1) is 0 Å². The van der Waals surface area contributed by atoms with Crippen molar-refractivity contribution in [2.75, 3.05) is 44.2 Å². The van der Waals surface area contributed by atoms with Gasteiger partial charge in [0.15, 0.2) is 0 Å². The van der Waals surface area contributed by atoms with E-state index in [0.29, 0.717) is 6.61 Å². The Bertz CT molecular complexity index is 510. The van der Waals surface area contributed by atoms with Gasteiger partial charge in [-0.3, -0.25) is 0 Å². The third kappa shape index (κ3) is 2.97. The number of rotatable bonds is 2. The fraction of sp³-hybridized carbons (Fsp3) is 0.562. The van der Waals surface area contributed by atoms with E-state index in [9.17, 15) is 4.79 Å². The molecule has 0 unspecified atom stereocenters. The summed E-state index contributed by atoms with van der Waals surface area (Å²) in [5.41, 5.74) is 4.23. The van der Waals surface area contributed by atoms with E-state index in [1.165, 1.54) is 16.8 Å². The molecule has 0 atom stereocenters. The van der Waals surface area contributed by atoms with Crippen LogP contribution in [0.5, 0.6) is 0 Å². The van der Waals surface area contributed by atoms with Crippen molar-refractivity contribution >= 4 is 11.8 Å². The first-order valence-electron chi connectivity index (χ1n) is 7.77. The molecule has 0 bridgehead atoms. The molecule has 0 saturated carbocycles. The van der Waals surface area contributed by atoms with Crippen LogP contribution in [0.4, 0.5) is 10.5 Å². The molecule has 114 valence electrons. The van der Waals surface area contributed by atoms with E-state index in [1.54, 1.807) is 4.90 Å². The van der Waals surface area contributed by atoms with Crippen LogP contribution in [0.1, 0.15) is 18.1 Å². The first-order valence-corrected chi connectivity index (χ1v) is 7.77. The van der Waals surface area contributed by atoms with Gasteiger partial charge in [-0.05, 0) is 37.1 Å². The Hall–Kier alpha value is -1.75. The Morgan fingerprint density at radius 2 is 2.10 bits per heavy atom. The van der Waals surface area contributed by atoms with E-state index in [2.05, 4.69) is 28.4 Å². The lowest BCUT2D eigenvalue weighted by atomic mass is 9.98. The van der Waals surface area contributed by atoms with Crippen LogP contribution in [-0.4, -0.2) is 50.3 Å². The third-order valence-corrected chi connectivity index (χ3v) is 4.26. The van der Waals surface area contributed by atoms with Gasteiger partial charge >= 0.3 is 6.09 Å². The largest absolute Gasteiger partial charge is 0.450 e. The maximum absolute atomic E-state index is 11.8. The van der Waals surface area contributed by atoms with Gasteiger partial charge in [-0.15, -0.1) is 0 Å². The minimum atomic E-state index is -0.184. The minimum absolute atomic E-state index is 0.184. The monoisotopic (exact) mass is 289 g/mol. The van der Waals surface area contributed by atoms with Gasteiger partial charge in [0.25, 0.3) is 0 Å². The van der Waals surface area contributed by atoms with E-state index >= 15 is 0 Å². The maximum atomic E-state index is 11.8. The number of carbonyl (C=O) groups is 1. The van der Waals surface area contributed by atoms with Gasteiger partial charge in [0, 0.05) is 38.4 Å². The second-order valence-electron chi connectivity index (χ2n) is 5.51. The Balaban J connectivity index is 1.69. The highest BCUT2D eigenvalue weighted by Crippen LogP contribution is 2.27. The number of hydrogen-bond donors (Lipinski definition) is 1. The zero-order valence-corrected chi connectivity index (χ0v) is 12.6. The molecule has 0 aromatic heterocycles. The van der Waals surface area contributed by atoms with Gasteiger partial charge < -0.3 is 19.9 Å². The number of ether oxygens (including phenoxy) is 1. The zero-order valence-electron chi connectivity index (χ0n) is 12.6. The summed E-state index contributed by atoms with van der Waals surface area (Å²) < 4.78 is 5.07. The Kier molecular flexibility index (Phi) is 4.29. The van der Waals surface area contributed by atoms with Gasteiger partial charge in [0.2, 0.25) is 0 Å². The van der Waals surface area contributed by atoms with E-state index in [4.69, 9.17) is 4.74 Å². The van der Waals surface area contributed by atoms with Crippen molar-refractivity contribution in [3.8, 4) is 0 Å². The number of fused-ring (bicyclic) bond motifs is 1. The SMILES string of the molecule is CCOC(=O)N1CCN(c2cccc3c2CCNC3)CC1. The summed E-state index contributed by atoms with van der Waals surface area (Å²) in [5.74, 6) is 0. The standard InChI is InChI=1S/C16H23N3O2/c1-2-21-16(20)19-10-8-18(9-11-19)15-5-3-4-13-12-17-7-6-14(13)15/h3-5,17H,2,6-12H2,1H3. The van der Waals surface area contributed by atoms with E-state index in [1.807, 2.05) is 6.92 Å². The van der Waals surface area contributed by atoms with Gasteiger partial charge in [-0.25, -0.2) is 4.79 Å². The first-order chi connectivity index (χ1) is 10.3.